The van der Waals surface area contributed by atoms with Crippen LogP contribution in [0.5, 0.6) is 0 Å². The Hall–Kier alpha value is -0.910. The molecule has 0 aliphatic carbocycles. The van der Waals surface area contributed by atoms with Crippen LogP contribution in [-0.2, 0) is 4.79 Å². The molecule has 0 spiro atoms. The Balaban J connectivity index is 1.88. The Labute approximate surface area is 125 Å². The van der Waals surface area contributed by atoms with E-state index in [-0.39, 0.29) is 18.0 Å². The van der Waals surface area contributed by atoms with Gasteiger partial charge in [0, 0.05) is 17.5 Å². The van der Waals surface area contributed by atoms with Crippen molar-refractivity contribution in [1.82, 2.24) is 10.2 Å². The van der Waals surface area contributed by atoms with Crippen molar-refractivity contribution in [2.24, 2.45) is 11.7 Å². The summed E-state index contributed by atoms with van der Waals surface area (Å²) in [5.41, 5.74) is 5.96. The molecule has 0 radical (unpaired) electrons. The van der Waals surface area contributed by atoms with Gasteiger partial charge in [0.15, 0.2) is 0 Å². The Morgan fingerprint density at radius 3 is 3.00 bits per heavy atom. The van der Waals surface area contributed by atoms with Crippen LogP contribution in [-0.4, -0.2) is 36.5 Å². The monoisotopic (exact) mass is 295 g/mol. The number of nitrogens with zero attached hydrogens (tertiary/aromatic N) is 1. The number of thiophene rings is 1. The minimum Gasteiger partial charge on any atom is -0.347 e. The number of piperidine rings is 1. The molecule has 20 heavy (non-hydrogen) atoms. The molecule has 4 nitrogen and oxygen atoms in total. The number of likely N-dealkylation sites (tertiary alicyclic amines) is 1. The maximum Gasteiger partial charge on any atom is 0.234 e. The molecule has 2 rings (SSSR count). The van der Waals surface area contributed by atoms with Crippen LogP contribution in [0.4, 0.5) is 0 Å². The number of hydrogen-bond acceptors (Lipinski definition) is 4. The van der Waals surface area contributed by atoms with Gasteiger partial charge in [-0.15, -0.1) is 11.3 Å². The highest BCUT2D eigenvalue weighted by Crippen LogP contribution is 2.25. The molecule has 5 heteroatoms. The lowest BCUT2D eigenvalue weighted by Crippen LogP contribution is -2.47. The molecule has 3 N–H and O–H groups in total. The first-order valence-corrected chi connectivity index (χ1v) is 8.25. The summed E-state index contributed by atoms with van der Waals surface area (Å²) in [5, 5.41) is 5.23. The number of nitrogens with two attached hydrogens (primary N) is 1. The summed E-state index contributed by atoms with van der Waals surface area (Å²) in [6, 6.07) is 4.45. The van der Waals surface area contributed by atoms with Gasteiger partial charge in [0.1, 0.15) is 0 Å². The van der Waals surface area contributed by atoms with Crippen LogP contribution < -0.4 is 11.1 Å². The maximum absolute atomic E-state index is 12.2. The van der Waals surface area contributed by atoms with Crippen molar-refractivity contribution in [2.45, 2.75) is 38.8 Å². The van der Waals surface area contributed by atoms with E-state index >= 15 is 0 Å². The average molecular weight is 295 g/mol. The standard InChI is InChI=1S/C15H25N3OS/c1-11(2)15(13-6-4-8-20-13)17-14(19)10-18-7-3-5-12(16)9-18/h4,6,8,11-12,15H,3,5,7,9-10,16H2,1-2H3,(H,17,19). The lowest BCUT2D eigenvalue weighted by atomic mass is 10.0. The van der Waals surface area contributed by atoms with E-state index in [1.807, 2.05) is 6.07 Å². The second-order valence-electron chi connectivity index (χ2n) is 5.94. The smallest absolute Gasteiger partial charge is 0.234 e. The molecule has 2 heterocycles. The molecule has 0 aromatic carbocycles. The molecule has 1 amide bonds. The quantitative estimate of drug-likeness (QED) is 0.873. The summed E-state index contributed by atoms with van der Waals surface area (Å²) in [6.07, 6.45) is 2.16. The highest BCUT2D eigenvalue weighted by Gasteiger charge is 2.22. The van der Waals surface area contributed by atoms with Crippen molar-refractivity contribution in [1.29, 1.82) is 0 Å². The Morgan fingerprint density at radius 2 is 2.40 bits per heavy atom. The van der Waals surface area contributed by atoms with E-state index < -0.39 is 0 Å². The van der Waals surface area contributed by atoms with Crippen LogP contribution in [0, 0.1) is 5.92 Å². The summed E-state index contributed by atoms with van der Waals surface area (Å²) < 4.78 is 0. The largest absolute Gasteiger partial charge is 0.347 e. The van der Waals surface area contributed by atoms with Crippen LogP contribution in [0.3, 0.4) is 0 Å². The molecule has 2 unspecified atom stereocenters. The molecular formula is C15H25N3OS. The van der Waals surface area contributed by atoms with Crippen molar-refractivity contribution >= 4 is 17.2 Å². The van der Waals surface area contributed by atoms with Gasteiger partial charge in [0.2, 0.25) is 5.91 Å². The van der Waals surface area contributed by atoms with Crippen molar-refractivity contribution in [2.75, 3.05) is 19.6 Å². The SMILES string of the molecule is CC(C)C(NC(=O)CN1CCCC(N)C1)c1cccs1. The molecule has 0 bridgehead atoms. The van der Waals surface area contributed by atoms with Gasteiger partial charge in [-0.2, -0.15) is 0 Å². The third-order valence-electron chi connectivity index (χ3n) is 3.74. The van der Waals surface area contributed by atoms with Crippen molar-refractivity contribution in [3.05, 3.63) is 22.4 Å². The third kappa shape index (κ3) is 4.30. The second-order valence-corrected chi connectivity index (χ2v) is 6.92. The first-order chi connectivity index (χ1) is 9.56. The molecule has 0 saturated carbocycles. The summed E-state index contributed by atoms with van der Waals surface area (Å²) in [5.74, 6) is 0.493. The van der Waals surface area contributed by atoms with Gasteiger partial charge in [0.05, 0.1) is 12.6 Å². The first kappa shape index (κ1) is 15.5. The van der Waals surface area contributed by atoms with Crippen LogP contribution >= 0.6 is 11.3 Å². The topological polar surface area (TPSA) is 58.4 Å². The highest BCUT2D eigenvalue weighted by molar-refractivity contribution is 7.10. The summed E-state index contributed by atoms with van der Waals surface area (Å²) in [4.78, 5) is 15.6. The van der Waals surface area contributed by atoms with Crippen LogP contribution in [0.1, 0.15) is 37.6 Å². The van der Waals surface area contributed by atoms with E-state index in [0.29, 0.717) is 12.5 Å². The summed E-state index contributed by atoms with van der Waals surface area (Å²) >= 11 is 1.70. The Bertz CT molecular complexity index is 419. The van der Waals surface area contributed by atoms with E-state index in [2.05, 4.69) is 35.5 Å². The van der Waals surface area contributed by atoms with Gasteiger partial charge < -0.3 is 11.1 Å². The number of nitrogens with one attached hydrogen (secondary N) is 1. The summed E-state index contributed by atoms with van der Waals surface area (Å²) in [6.45, 7) is 6.55. The molecular weight excluding hydrogens is 270 g/mol. The number of carbonyl (C=O) groups is 1. The van der Waals surface area contributed by atoms with Gasteiger partial charge in [0.25, 0.3) is 0 Å². The van der Waals surface area contributed by atoms with Gasteiger partial charge in [-0.1, -0.05) is 19.9 Å². The zero-order valence-corrected chi connectivity index (χ0v) is 13.2. The molecule has 1 aliphatic rings. The predicted molar refractivity (Wildman–Crippen MR) is 83.7 cm³/mol. The minimum absolute atomic E-state index is 0.103. The van der Waals surface area contributed by atoms with Gasteiger partial charge >= 0.3 is 0 Å². The Morgan fingerprint density at radius 1 is 1.60 bits per heavy atom. The number of carbonyl (C=O) groups excluding carboxylic acids is 1. The van der Waals surface area contributed by atoms with Crippen molar-refractivity contribution in [3.8, 4) is 0 Å². The van der Waals surface area contributed by atoms with Crippen LogP contribution in [0.2, 0.25) is 0 Å². The molecule has 112 valence electrons. The third-order valence-corrected chi connectivity index (χ3v) is 4.70. The molecule has 1 aromatic heterocycles. The lowest BCUT2D eigenvalue weighted by molar-refractivity contribution is -0.123. The first-order valence-electron chi connectivity index (χ1n) is 7.37. The normalized spacial score (nSPS) is 21.9. The molecule has 1 fully saturated rings. The van der Waals surface area contributed by atoms with Crippen molar-refractivity contribution in [3.63, 3.8) is 0 Å². The van der Waals surface area contributed by atoms with Gasteiger partial charge in [-0.05, 0) is 36.8 Å². The van der Waals surface area contributed by atoms with E-state index in [9.17, 15) is 4.79 Å². The summed E-state index contributed by atoms with van der Waals surface area (Å²) in [7, 11) is 0. The fraction of sp³-hybridized carbons (Fsp3) is 0.667. The van der Waals surface area contributed by atoms with Crippen LogP contribution in [0.15, 0.2) is 17.5 Å². The second kappa shape index (κ2) is 7.20. The maximum atomic E-state index is 12.2. The fourth-order valence-corrected chi connectivity index (χ4v) is 3.64. The number of rotatable bonds is 5. The highest BCUT2D eigenvalue weighted by atomic mass is 32.1. The fourth-order valence-electron chi connectivity index (χ4n) is 2.69. The van der Waals surface area contributed by atoms with Crippen LogP contribution in [0.25, 0.3) is 0 Å². The zero-order valence-electron chi connectivity index (χ0n) is 12.3. The molecule has 1 aliphatic heterocycles. The predicted octanol–water partition coefficient (Wildman–Crippen LogP) is 1.98. The Kier molecular flexibility index (Phi) is 5.57. The number of hydrogen-bond donors (Lipinski definition) is 2. The number of amides is 1. The molecule has 1 saturated heterocycles. The van der Waals surface area contributed by atoms with Crippen molar-refractivity contribution < 1.29 is 4.79 Å². The van der Waals surface area contributed by atoms with E-state index in [4.69, 9.17) is 5.73 Å². The van der Waals surface area contributed by atoms with Gasteiger partial charge in [-0.25, -0.2) is 0 Å². The van der Waals surface area contributed by atoms with E-state index in [0.717, 1.165) is 25.9 Å². The average Bonchev–Trinajstić information content (AvgIpc) is 2.89. The van der Waals surface area contributed by atoms with E-state index in [1.54, 1.807) is 11.3 Å². The molecule has 2 atom stereocenters. The lowest BCUT2D eigenvalue weighted by Gasteiger charge is -2.31. The van der Waals surface area contributed by atoms with E-state index in [1.165, 1.54) is 4.88 Å². The zero-order chi connectivity index (χ0) is 14.5. The minimum atomic E-state index is 0.103. The molecule has 1 aromatic rings. The van der Waals surface area contributed by atoms with Gasteiger partial charge in [-0.3, -0.25) is 9.69 Å².